The third-order valence-corrected chi connectivity index (χ3v) is 5.39. The number of hydroxylamine groups is 1. The Labute approximate surface area is 184 Å². The Morgan fingerprint density at radius 3 is 2.35 bits per heavy atom. The Morgan fingerprint density at radius 2 is 1.71 bits per heavy atom. The zero-order valence-corrected chi connectivity index (χ0v) is 18.3. The molecule has 0 saturated carbocycles. The smallest absolute Gasteiger partial charge is 0.366 e. The lowest BCUT2D eigenvalue weighted by atomic mass is 10.0. The Hall–Kier alpha value is -2.67. The molecule has 1 saturated heterocycles. The maximum atomic E-state index is 11.7. The zero-order chi connectivity index (χ0) is 22.1. The quantitative estimate of drug-likeness (QED) is 0.342. The van der Waals surface area contributed by atoms with Gasteiger partial charge in [0.05, 0.1) is 32.6 Å². The normalized spacial score (nSPS) is 20.8. The molecule has 6 heteroatoms. The molecule has 0 aliphatic carbocycles. The molecule has 2 aromatic rings. The Bertz CT molecular complexity index is 842. The average Bonchev–Trinajstić information content (AvgIpc) is 2.82. The topological polar surface area (TPSA) is 66.0 Å². The number of hydrogen-bond acceptors (Lipinski definition) is 6. The van der Waals surface area contributed by atoms with E-state index in [0.29, 0.717) is 19.8 Å². The summed E-state index contributed by atoms with van der Waals surface area (Å²) in [6, 6.07) is 18.5. The van der Waals surface area contributed by atoms with Gasteiger partial charge in [0.15, 0.2) is 0 Å². The van der Waals surface area contributed by atoms with Crippen molar-refractivity contribution in [2.24, 2.45) is 5.92 Å². The van der Waals surface area contributed by atoms with Crippen LogP contribution in [0.1, 0.15) is 31.7 Å². The molecular formula is C25H31NO5. The molecule has 1 N–H and O–H groups in total. The number of methoxy groups -OCH3 is 1. The standard InChI is InChI=1S/C25H31NO5/c1-19(21-12-14-23(15-13-21)22-10-5-4-6-11-22)26-31-16-8-7-9-20-17-29-25(2,30-18-20)24(27)28-3/h4-6,10-15,20,26H,1,7-9,16-18H2,2-3H3. The molecule has 0 aromatic heterocycles. The number of esters is 1. The van der Waals surface area contributed by atoms with Crippen LogP contribution in [0.15, 0.2) is 61.2 Å². The number of rotatable bonds is 10. The van der Waals surface area contributed by atoms with Crippen LogP contribution in [-0.4, -0.2) is 38.7 Å². The number of carbonyl (C=O) groups is 1. The first kappa shape index (κ1) is 23.0. The number of nitrogens with one attached hydrogen (secondary N) is 1. The molecule has 0 spiro atoms. The van der Waals surface area contributed by atoms with E-state index in [1.807, 2.05) is 30.3 Å². The molecule has 1 fully saturated rings. The van der Waals surface area contributed by atoms with Crippen molar-refractivity contribution in [3.8, 4) is 11.1 Å². The van der Waals surface area contributed by atoms with Crippen LogP contribution in [0.25, 0.3) is 16.8 Å². The zero-order valence-electron chi connectivity index (χ0n) is 18.3. The SMILES string of the molecule is C=C(NOCCCCC1COC(C)(C(=O)OC)OC1)c1ccc(-c2ccccc2)cc1. The first-order valence-electron chi connectivity index (χ1n) is 10.6. The highest BCUT2D eigenvalue weighted by molar-refractivity contribution is 5.77. The fourth-order valence-corrected chi connectivity index (χ4v) is 3.41. The molecule has 0 amide bonds. The lowest BCUT2D eigenvalue weighted by Gasteiger charge is -2.35. The van der Waals surface area contributed by atoms with Gasteiger partial charge in [-0.15, -0.1) is 0 Å². The largest absolute Gasteiger partial charge is 0.465 e. The molecular weight excluding hydrogens is 394 g/mol. The summed E-state index contributed by atoms with van der Waals surface area (Å²) in [6.45, 7) is 7.19. The first-order valence-corrected chi connectivity index (χ1v) is 10.6. The lowest BCUT2D eigenvalue weighted by Crippen LogP contribution is -2.48. The summed E-state index contributed by atoms with van der Waals surface area (Å²) in [6.07, 6.45) is 2.83. The van der Waals surface area contributed by atoms with Crippen molar-refractivity contribution >= 4 is 11.7 Å². The van der Waals surface area contributed by atoms with Gasteiger partial charge in [-0.1, -0.05) is 67.6 Å². The Morgan fingerprint density at radius 1 is 1.06 bits per heavy atom. The number of hydrogen-bond donors (Lipinski definition) is 1. The summed E-state index contributed by atoms with van der Waals surface area (Å²) < 4.78 is 15.9. The fraction of sp³-hybridized carbons (Fsp3) is 0.400. The van der Waals surface area contributed by atoms with Crippen LogP contribution in [0.2, 0.25) is 0 Å². The third kappa shape index (κ3) is 6.40. The number of benzene rings is 2. The van der Waals surface area contributed by atoms with Gasteiger partial charge in [-0.25, -0.2) is 4.79 Å². The van der Waals surface area contributed by atoms with Crippen molar-refractivity contribution in [3.63, 3.8) is 0 Å². The van der Waals surface area contributed by atoms with Crippen LogP contribution in [0.4, 0.5) is 0 Å². The van der Waals surface area contributed by atoms with Crippen molar-refractivity contribution in [2.75, 3.05) is 26.9 Å². The second-order valence-corrected chi connectivity index (χ2v) is 7.79. The second-order valence-electron chi connectivity index (χ2n) is 7.79. The van der Waals surface area contributed by atoms with Crippen molar-refractivity contribution < 1.29 is 23.8 Å². The molecule has 31 heavy (non-hydrogen) atoms. The molecule has 0 unspecified atom stereocenters. The minimum atomic E-state index is -1.28. The highest BCUT2D eigenvalue weighted by Crippen LogP contribution is 2.25. The van der Waals surface area contributed by atoms with Gasteiger partial charge in [0.1, 0.15) is 0 Å². The maximum Gasteiger partial charge on any atom is 0.366 e. The van der Waals surface area contributed by atoms with Gasteiger partial charge in [-0.3, -0.25) is 10.3 Å². The molecule has 1 heterocycles. The fourth-order valence-electron chi connectivity index (χ4n) is 3.41. The predicted molar refractivity (Wildman–Crippen MR) is 120 cm³/mol. The van der Waals surface area contributed by atoms with Crippen molar-refractivity contribution in [2.45, 2.75) is 32.0 Å². The van der Waals surface area contributed by atoms with E-state index in [4.69, 9.17) is 19.0 Å². The van der Waals surface area contributed by atoms with Gasteiger partial charge in [-0.2, -0.15) is 0 Å². The maximum absolute atomic E-state index is 11.7. The van der Waals surface area contributed by atoms with E-state index in [1.165, 1.54) is 18.2 Å². The van der Waals surface area contributed by atoms with E-state index >= 15 is 0 Å². The summed E-state index contributed by atoms with van der Waals surface area (Å²) in [5.74, 6) is -1.51. The van der Waals surface area contributed by atoms with Gasteiger partial charge >= 0.3 is 5.97 Å². The van der Waals surface area contributed by atoms with Gasteiger partial charge in [0, 0.05) is 12.8 Å². The average molecular weight is 426 g/mol. The van der Waals surface area contributed by atoms with E-state index in [-0.39, 0.29) is 5.92 Å². The highest BCUT2D eigenvalue weighted by Gasteiger charge is 2.41. The van der Waals surface area contributed by atoms with Gasteiger partial charge in [0.2, 0.25) is 0 Å². The van der Waals surface area contributed by atoms with Crippen LogP contribution in [0, 0.1) is 5.92 Å². The first-order chi connectivity index (χ1) is 15.0. The van der Waals surface area contributed by atoms with Gasteiger partial charge in [-0.05, 0) is 29.5 Å². The van der Waals surface area contributed by atoms with Crippen LogP contribution in [0.5, 0.6) is 0 Å². The molecule has 0 atom stereocenters. The van der Waals surface area contributed by atoms with Crippen LogP contribution in [0.3, 0.4) is 0 Å². The summed E-state index contributed by atoms with van der Waals surface area (Å²) >= 11 is 0. The van der Waals surface area contributed by atoms with E-state index in [9.17, 15) is 4.79 Å². The molecule has 3 rings (SSSR count). The molecule has 0 radical (unpaired) electrons. The van der Waals surface area contributed by atoms with Gasteiger partial charge in [0.25, 0.3) is 5.79 Å². The second kappa shape index (κ2) is 11.1. The summed E-state index contributed by atoms with van der Waals surface area (Å²) in [7, 11) is 1.33. The number of unbranched alkanes of at least 4 members (excludes halogenated alkanes) is 1. The van der Waals surface area contributed by atoms with Crippen molar-refractivity contribution in [1.29, 1.82) is 0 Å². The van der Waals surface area contributed by atoms with E-state index < -0.39 is 11.8 Å². The van der Waals surface area contributed by atoms with E-state index in [1.54, 1.807) is 6.92 Å². The summed E-state index contributed by atoms with van der Waals surface area (Å²) in [5, 5.41) is 0. The third-order valence-electron chi connectivity index (χ3n) is 5.39. The highest BCUT2D eigenvalue weighted by atomic mass is 16.7. The number of carbonyl (C=O) groups excluding carboxylic acids is 1. The van der Waals surface area contributed by atoms with Crippen LogP contribution in [-0.2, 0) is 23.8 Å². The van der Waals surface area contributed by atoms with Crippen molar-refractivity contribution in [1.82, 2.24) is 5.48 Å². The Balaban J connectivity index is 1.30. The lowest BCUT2D eigenvalue weighted by molar-refractivity contribution is -0.272. The van der Waals surface area contributed by atoms with Crippen LogP contribution < -0.4 is 5.48 Å². The summed E-state index contributed by atoms with van der Waals surface area (Å²) in [5.41, 5.74) is 7.01. The van der Waals surface area contributed by atoms with Crippen molar-refractivity contribution in [3.05, 3.63) is 66.7 Å². The monoisotopic (exact) mass is 425 g/mol. The molecule has 2 aromatic carbocycles. The molecule has 6 nitrogen and oxygen atoms in total. The number of ether oxygens (including phenoxy) is 3. The van der Waals surface area contributed by atoms with E-state index in [0.717, 1.165) is 30.5 Å². The molecule has 1 aliphatic heterocycles. The van der Waals surface area contributed by atoms with E-state index in [2.05, 4.69) is 36.3 Å². The predicted octanol–water partition coefficient (Wildman–Crippen LogP) is 4.57. The molecule has 166 valence electrons. The minimum absolute atomic E-state index is 0.267. The molecule has 1 aliphatic rings. The summed E-state index contributed by atoms with van der Waals surface area (Å²) in [4.78, 5) is 17.2. The van der Waals surface area contributed by atoms with Gasteiger partial charge < -0.3 is 14.2 Å². The van der Waals surface area contributed by atoms with Crippen LogP contribution >= 0.6 is 0 Å². The molecule has 0 bridgehead atoms. The Kier molecular flexibility index (Phi) is 8.23. The minimum Gasteiger partial charge on any atom is -0.465 e.